The first kappa shape index (κ1) is 24.1. The van der Waals surface area contributed by atoms with Gasteiger partial charge in [-0.1, -0.05) is 48.5 Å². The molecule has 1 saturated heterocycles. The zero-order valence-corrected chi connectivity index (χ0v) is 20.5. The van der Waals surface area contributed by atoms with Crippen molar-refractivity contribution in [1.82, 2.24) is 9.80 Å². The number of nitrogens with zero attached hydrogens (tertiary/aromatic N) is 2. The lowest BCUT2D eigenvalue weighted by Gasteiger charge is -2.34. The predicted molar refractivity (Wildman–Crippen MR) is 136 cm³/mol. The zero-order chi connectivity index (χ0) is 24.1. The molecule has 0 radical (unpaired) electrons. The molecule has 4 rings (SSSR count). The normalized spacial score (nSPS) is 15.2. The minimum absolute atomic E-state index is 0.141. The molecule has 0 atom stereocenters. The number of nitrogens with one attached hydrogen (secondary N) is 1. The van der Waals surface area contributed by atoms with Crippen molar-refractivity contribution >= 4 is 21.4 Å². The van der Waals surface area contributed by atoms with E-state index in [0.29, 0.717) is 11.3 Å². The molecule has 3 aromatic rings. The minimum Gasteiger partial charge on any atom is -0.322 e. The second kappa shape index (κ2) is 10.5. The molecule has 1 aliphatic rings. The summed E-state index contributed by atoms with van der Waals surface area (Å²) in [5.41, 5.74) is 4.33. The van der Waals surface area contributed by atoms with E-state index in [1.807, 2.05) is 24.3 Å². The Morgan fingerprint density at radius 2 is 1.38 bits per heavy atom. The van der Waals surface area contributed by atoms with Crippen LogP contribution in [-0.2, 0) is 22.9 Å². The maximum atomic E-state index is 12.8. The highest BCUT2D eigenvalue weighted by Crippen LogP contribution is 2.19. The lowest BCUT2D eigenvalue weighted by molar-refractivity contribution is 0.102. The SMILES string of the molecule is Cc1ccc(S(C)(=O)=O)cc1C(=O)Nc1ccc(CN2CCN(Cc3ccccc3)CC2)cc1. The summed E-state index contributed by atoms with van der Waals surface area (Å²) in [6.07, 6.45) is 1.14. The van der Waals surface area contributed by atoms with E-state index in [1.165, 1.54) is 23.3 Å². The highest BCUT2D eigenvalue weighted by molar-refractivity contribution is 7.90. The summed E-state index contributed by atoms with van der Waals surface area (Å²) < 4.78 is 23.7. The molecule has 34 heavy (non-hydrogen) atoms. The monoisotopic (exact) mass is 477 g/mol. The van der Waals surface area contributed by atoms with Gasteiger partial charge in [-0.3, -0.25) is 14.6 Å². The van der Waals surface area contributed by atoms with Crippen LogP contribution in [-0.4, -0.2) is 56.6 Å². The molecule has 1 fully saturated rings. The first-order chi connectivity index (χ1) is 16.3. The molecule has 7 heteroatoms. The summed E-state index contributed by atoms with van der Waals surface area (Å²) in [7, 11) is -3.38. The molecule has 0 aromatic heterocycles. The van der Waals surface area contributed by atoms with Crippen LogP contribution in [0, 0.1) is 6.92 Å². The van der Waals surface area contributed by atoms with Crippen LogP contribution in [0.15, 0.2) is 77.7 Å². The molecular weight excluding hydrogens is 446 g/mol. The fourth-order valence-corrected chi connectivity index (χ4v) is 4.82. The third-order valence-corrected chi connectivity index (χ3v) is 7.32. The van der Waals surface area contributed by atoms with E-state index in [9.17, 15) is 13.2 Å². The zero-order valence-electron chi connectivity index (χ0n) is 19.7. The summed E-state index contributed by atoms with van der Waals surface area (Å²) in [5.74, 6) is -0.315. The standard InChI is InChI=1S/C27H31N3O3S/c1-21-8-13-25(34(2,32)33)18-26(21)27(31)28-24-11-9-23(10-12-24)20-30-16-14-29(15-17-30)19-22-6-4-3-5-7-22/h3-13,18H,14-17,19-20H2,1-2H3,(H,28,31). The molecule has 1 N–H and O–H groups in total. The maximum Gasteiger partial charge on any atom is 0.255 e. The van der Waals surface area contributed by atoms with E-state index in [1.54, 1.807) is 13.0 Å². The molecule has 0 unspecified atom stereocenters. The number of sulfone groups is 1. The van der Waals surface area contributed by atoms with Crippen molar-refractivity contribution in [1.29, 1.82) is 0 Å². The van der Waals surface area contributed by atoms with Crippen LogP contribution in [0.3, 0.4) is 0 Å². The van der Waals surface area contributed by atoms with E-state index in [-0.39, 0.29) is 10.8 Å². The molecular formula is C27H31N3O3S. The second-order valence-corrected chi connectivity index (χ2v) is 11.0. The summed E-state index contributed by atoms with van der Waals surface area (Å²) in [6, 6.07) is 23.1. The lowest BCUT2D eigenvalue weighted by Crippen LogP contribution is -2.45. The molecule has 0 saturated carbocycles. The van der Waals surface area contributed by atoms with Crippen LogP contribution in [0.2, 0.25) is 0 Å². The number of piperazine rings is 1. The van der Waals surface area contributed by atoms with Gasteiger partial charge < -0.3 is 5.32 Å². The minimum atomic E-state index is -3.38. The Balaban J connectivity index is 1.30. The van der Waals surface area contributed by atoms with E-state index in [4.69, 9.17) is 0 Å². The quantitative estimate of drug-likeness (QED) is 0.558. The fraction of sp³-hybridized carbons (Fsp3) is 0.296. The second-order valence-electron chi connectivity index (χ2n) is 8.94. The average Bonchev–Trinajstić information content (AvgIpc) is 2.82. The van der Waals surface area contributed by atoms with Gasteiger partial charge in [0.25, 0.3) is 5.91 Å². The van der Waals surface area contributed by atoms with Gasteiger partial charge in [-0.2, -0.15) is 0 Å². The Labute approximate surface area is 202 Å². The number of carbonyl (C=O) groups excluding carboxylic acids is 1. The molecule has 6 nitrogen and oxygen atoms in total. The number of hydrogen-bond donors (Lipinski definition) is 1. The van der Waals surface area contributed by atoms with Crippen molar-refractivity contribution in [2.24, 2.45) is 0 Å². The first-order valence-electron chi connectivity index (χ1n) is 11.5. The van der Waals surface area contributed by atoms with Gasteiger partial charge in [-0.25, -0.2) is 8.42 Å². The van der Waals surface area contributed by atoms with Gasteiger partial charge in [0.1, 0.15) is 0 Å². The van der Waals surface area contributed by atoms with Crippen LogP contribution in [0.5, 0.6) is 0 Å². The largest absolute Gasteiger partial charge is 0.322 e. The van der Waals surface area contributed by atoms with Crippen LogP contribution in [0.1, 0.15) is 27.0 Å². The highest BCUT2D eigenvalue weighted by Gasteiger charge is 2.18. The third kappa shape index (κ3) is 6.32. The Morgan fingerprint density at radius 1 is 0.824 bits per heavy atom. The molecule has 3 aromatic carbocycles. The number of anilines is 1. The molecule has 1 heterocycles. The fourth-order valence-electron chi connectivity index (χ4n) is 4.17. The van der Waals surface area contributed by atoms with Gasteiger partial charge in [0, 0.05) is 56.8 Å². The molecule has 178 valence electrons. The third-order valence-electron chi connectivity index (χ3n) is 6.21. The lowest BCUT2D eigenvalue weighted by atomic mass is 10.1. The number of amides is 1. The van der Waals surface area contributed by atoms with Crippen LogP contribution in [0.25, 0.3) is 0 Å². The van der Waals surface area contributed by atoms with Gasteiger partial charge in [-0.15, -0.1) is 0 Å². The summed E-state index contributed by atoms with van der Waals surface area (Å²) in [6.45, 7) is 7.83. The molecule has 1 aliphatic heterocycles. The van der Waals surface area contributed by atoms with Crippen LogP contribution >= 0.6 is 0 Å². The average molecular weight is 478 g/mol. The number of benzene rings is 3. The molecule has 0 spiro atoms. The van der Waals surface area contributed by atoms with Crippen molar-refractivity contribution in [2.75, 3.05) is 37.8 Å². The van der Waals surface area contributed by atoms with Crippen LogP contribution in [0.4, 0.5) is 5.69 Å². The van der Waals surface area contributed by atoms with Gasteiger partial charge >= 0.3 is 0 Å². The number of aryl methyl sites for hydroxylation is 1. The van der Waals surface area contributed by atoms with Crippen molar-refractivity contribution in [3.05, 3.63) is 95.1 Å². The maximum absolute atomic E-state index is 12.8. The topological polar surface area (TPSA) is 69.7 Å². The molecule has 0 aliphatic carbocycles. The van der Waals surface area contributed by atoms with E-state index < -0.39 is 9.84 Å². The predicted octanol–water partition coefficient (Wildman–Crippen LogP) is 3.97. The van der Waals surface area contributed by atoms with Gasteiger partial charge in [-0.05, 0) is 47.9 Å². The number of hydrogen-bond acceptors (Lipinski definition) is 5. The van der Waals surface area contributed by atoms with E-state index in [0.717, 1.165) is 51.1 Å². The van der Waals surface area contributed by atoms with Gasteiger partial charge in [0.15, 0.2) is 9.84 Å². The van der Waals surface area contributed by atoms with E-state index >= 15 is 0 Å². The Hall–Kier alpha value is -3.00. The van der Waals surface area contributed by atoms with Crippen molar-refractivity contribution in [3.8, 4) is 0 Å². The molecule has 1 amide bonds. The van der Waals surface area contributed by atoms with Crippen molar-refractivity contribution in [3.63, 3.8) is 0 Å². The van der Waals surface area contributed by atoms with Crippen LogP contribution < -0.4 is 5.32 Å². The Kier molecular flexibility index (Phi) is 7.46. The van der Waals surface area contributed by atoms with Crippen molar-refractivity contribution < 1.29 is 13.2 Å². The first-order valence-corrected chi connectivity index (χ1v) is 13.4. The van der Waals surface area contributed by atoms with Gasteiger partial charge in [0.2, 0.25) is 0 Å². The molecule has 0 bridgehead atoms. The number of rotatable bonds is 7. The summed E-state index contributed by atoms with van der Waals surface area (Å²) >= 11 is 0. The Morgan fingerprint density at radius 3 is 1.94 bits per heavy atom. The summed E-state index contributed by atoms with van der Waals surface area (Å²) in [5, 5.41) is 2.88. The Bertz CT molecular complexity index is 1230. The van der Waals surface area contributed by atoms with Crippen molar-refractivity contribution in [2.45, 2.75) is 24.9 Å². The smallest absolute Gasteiger partial charge is 0.255 e. The van der Waals surface area contributed by atoms with E-state index in [2.05, 4.69) is 45.4 Å². The number of carbonyl (C=O) groups is 1. The van der Waals surface area contributed by atoms with Gasteiger partial charge in [0.05, 0.1) is 4.90 Å². The highest BCUT2D eigenvalue weighted by atomic mass is 32.2. The summed E-state index contributed by atoms with van der Waals surface area (Å²) in [4.78, 5) is 17.8.